The Labute approximate surface area is 114 Å². The van der Waals surface area contributed by atoms with Crippen molar-refractivity contribution in [3.8, 4) is 0 Å². The average Bonchev–Trinajstić information content (AvgIpc) is 2.74. The zero-order chi connectivity index (χ0) is 14.0. The minimum absolute atomic E-state index is 0.0108. The molecule has 0 spiro atoms. The van der Waals surface area contributed by atoms with Gasteiger partial charge in [-0.3, -0.25) is 0 Å². The third kappa shape index (κ3) is 2.85. The molecule has 4 heteroatoms. The summed E-state index contributed by atoms with van der Waals surface area (Å²) >= 11 is 0. The quantitative estimate of drug-likeness (QED) is 0.603. The van der Waals surface area contributed by atoms with E-state index in [9.17, 15) is 4.79 Å². The van der Waals surface area contributed by atoms with Gasteiger partial charge in [-0.2, -0.15) is 0 Å². The first-order chi connectivity index (χ1) is 8.91. The van der Waals surface area contributed by atoms with Crippen molar-refractivity contribution < 1.29 is 4.79 Å². The second-order valence-electron chi connectivity index (χ2n) is 5.74. The van der Waals surface area contributed by atoms with E-state index in [2.05, 4.69) is 49.7 Å². The molecule has 0 amide bonds. The first-order valence-electron chi connectivity index (χ1n) is 6.32. The smallest absolute Gasteiger partial charge is 0.242 e. The van der Waals surface area contributed by atoms with Gasteiger partial charge in [0.15, 0.2) is 5.82 Å². The van der Waals surface area contributed by atoms with Crippen molar-refractivity contribution in [1.29, 1.82) is 0 Å². The number of anilines is 1. The number of aryl methyl sites for hydroxylation is 1. The molecular weight excluding hydrogens is 238 g/mol. The number of isocyanates is 1. The maximum atomic E-state index is 10.6. The van der Waals surface area contributed by atoms with Gasteiger partial charge in [-0.1, -0.05) is 17.7 Å². The molecule has 2 rings (SSSR count). The van der Waals surface area contributed by atoms with Crippen LogP contribution in [0.3, 0.4) is 0 Å². The van der Waals surface area contributed by atoms with Gasteiger partial charge in [-0.05, 0) is 39.8 Å². The fourth-order valence-electron chi connectivity index (χ4n) is 1.96. The normalized spacial score (nSPS) is 15.3. The molecule has 0 radical (unpaired) electrons. The number of nitrogens with zero attached hydrogens (tertiary/aromatic N) is 3. The molecule has 1 heterocycles. The predicted octanol–water partition coefficient (Wildman–Crippen LogP) is 3.01. The van der Waals surface area contributed by atoms with Crippen LogP contribution in [0, 0.1) is 6.92 Å². The molecule has 1 aromatic carbocycles. The maximum Gasteiger partial charge on any atom is 0.242 e. The highest BCUT2D eigenvalue weighted by atomic mass is 16.1. The van der Waals surface area contributed by atoms with Crippen LogP contribution < -0.4 is 4.90 Å². The van der Waals surface area contributed by atoms with Crippen LogP contribution in [-0.4, -0.2) is 23.2 Å². The number of carbonyl (C=O) groups excluding carboxylic acids is 1. The highest BCUT2D eigenvalue weighted by Crippen LogP contribution is 2.29. The third-order valence-corrected chi connectivity index (χ3v) is 3.21. The standard InChI is InChI=1S/C15H19N3O/c1-12-5-7-13(8-6-12)18-11-17(15(2,3)4)9-14(18)16-10-19/h5-9H,11H2,1-4H3. The summed E-state index contributed by atoms with van der Waals surface area (Å²) in [6.45, 7) is 9.13. The van der Waals surface area contributed by atoms with E-state index in [1.54, 1.807) is 6.08 Å². The lowest BCUT2D eigenvalue weighted by atomic mass is 10.1. The van der Waals surface area contributed by atoms with Crippen LogP contribution in [0.15, 0.2) is 41.3 Å². The average molecular weight is 257 g/mol. The number of hydrogen-bond acceptors (Lipinski definition) is 4. The van der Waals surface area contributed by atoms with Crippen LogP contribution in [0.2, 0.25) is 0 Å². The minimum Gasteiger partial charge on any atom is -0.351 e. The van der Waals surface area contributed by atoms with Gasteiger partial charge in [-0.25, -0.2) is 4.79 Å². The third-order valence-electron chi connectivity index (χ3n) is 3.21. The van der Waals surface area contributed by atoms with Crippen molar-refractivity contribution in [1.82, 2.24) is 4.90 Å². The highest BCUT2D eigenvalue weighted by Gasteiger charge is 2.29. The number of aliphatic imine (C=N–C) groups is 1. The van der Waals surface area contributed by atoms with Crippen molar-refractivity contribution >= 4 is 11.8 Å². The molecule has 1 aliphatic heterocycles. The van der Waals surface area contributed by atoms with Crippen LogP contribution in [0.25, 0.3) is 0 Å². The van der Waals surface area contributed by atoms with Crippen molar-refractivity contribution in [3.63, 3.8) is 0 Å². The highest BCUT2D eigenvalue weighted by molar-refractivity contribution is 5.56. The molecule has 0 aromatic heterocycles. The largest absolute Gasteiger partial charge is 0.351 e. The summed E-state index contributed by atoms with van der Waals surface area (Å²) in [6.07, 6.45) is 3.54. The van der Waals surface area contributed by atoms with Gasteiger partial charge in [0.25, 0.3) is 0 Å². The van der Waals surface area contributed by atoms with Crippen molar-refractivity contribution in [2.45, 2.75) is 33.2 Å². The fourth-order valence-corrected chi connectivity index (χ4v) is 1.96. The molecule has 19 heavy (non-hydrogen) atoms. The van der Waals surface area contributed by atoms with E-state index < -0.39 is 0 Å². The molecule has 4 nitrogen and oxygen atoms in total. The van der Waals surface area contributed by atoms with E-state index in [0.29, 0.717) is 12.5 Å². The van der Waals surface area contributed by atoms with Gasteiger partial charge in [-0.15, -0.1) is 4.99 Å². The van der Waals surface area contributed by atoms with Crippen molar-refractivity contribution in [3.05, 3.63) is 41.8 Å². The summed E-state index contributed by atoms with van der Waals surface area (Å²) in [5.41, 5.74) is 2.23. The SMILES string of the molecule is Cc1ccc(N2CN(C(C)(C)C)C=C2N=C=O)cc1. The molecule has 0 saturated heterocycles. The summed E-state index contributed by atoms with van der Waals surface area (Å²) in [6, 6.07) is 8.18. The van der Waals surface area contributed by atoms with E-state index in [4.69, 9.17) is 0 Å². The summed E-state index contributed by atoms with van der Waals surface area (Å²) < 4.78 is 0. The summed E-state index contributed by atoms with van der Waals surface area (Å²) in [7, 11) is 0. The topological polar surface area (TPSA) is 35.9 Å². The molecule has 0 atom stereocenters. The summed E-state index contributed by atoms with van der Waals surface area (Å²) in [4.78, 5) is 18.5. The lowest BCUT2D eigenvalue weighted by Gasteiger charge is -2.33. The van der Waals surface area contributed by atoms with Crippen molar-refractivity contribution in [2.75, 3.05) is 11.6 Å². The zero-order valence-electron chi connectivity index (χ0n) is 11.8. The summed E-state index contributed by atoms with van der Waals surface area (Å²) in [5, 5.41) is 0. The zero-order valence-corrected chi connectivity index (χ0v) is 11.8. The Balaban J connectivity index is 2.33. The number of benzene rings is 1. The lowest BCUT2D eigenvalue weighted by Crippen LogP contribution is -2.39. The van der Waals surface area contributed by atoms with Gasteiger partial charge >= 0.3 is 0 Å². The molecular formula is C15H19N3O. The molecule has 0 N–H and O–H groups in total. The first kappa shape index (κ1) is 13.4. The molecule has 1 aromatic rings. The Morgan fingerprint density at radius 1 is 1.21 bits per heavy atom. The number of hydrogen-bond donors (Lipinski definition) is 0. The molecule has 0 saturated carbocycles. The molecule has 100 valence electrons. The van der Waals surface area contributed by atoms with E-state index in [1.165, 1.54) is 5.56 Å². The predicted molar refractivity (Wildman–Crippen MR) is 76.3 cm³/mol. The molecule has 0 unspecified atom stereocenters. The molecule has 0 aliphatic carbocycles. The van der Waals surface area contributed by atoms with Crippen LogP contribution in [-0.2, 0) is 4.79 Å². The second kappa shape index (κ2) is 4.90. The van der Waals surface area contributed by atoms with Gasteiger partial charge in [0.1, 0.15) is 0 Å². The van der Waals surface area contributed by atoms with E-state index in [-0.39, 0.29) is 5.54 Å². The van der Waals surface area contributed by atoms with Gasteiger partial charge in [0.05, 0.1) is 6.67 Å². The van der Waals surface area contributed by atoms with Crippen LogP contribution in [0.4, 0.5) is 5.69 Å². The fraction of sp³-hybridized carbons (Fsp3) is 0.400. The second-order valence-corrected chi connectivity index (χ2v) is 5.74. The minimum atomic E-state index is -0.0108. The van der Waals surface area contributed by atoms with Crippen molar-refractivity contribution in [2.24, 2.45) is 4.99 Å². The Morgan fingerprint density at radius 2 is 1.84 bits per heavy atom. The molecule has 0 bridgehead atoms. The lowest BCUT2D eigenvalue weighted by molar-refractivity contribution is 0.223. The Kier molecular flexibility index (Phi) is 3.45. The Bertz CT molecular complexity index is 534. The van der Waals surface area contributed by atoms with Gasteiger partial charge < -0.3 is 9.80 Å². The van der Waals surface area contributed by atoms with Gasteiger partial charge in [0.2, 0.25) is 6.08 Å². The van der Waals surface area contributed by atoms with E-state index >= 15 is 0 Å². The first-order valence-corrected chi connectivity index (χ1v) is 6.32. The maximum absolute atomic E-state index is 10.6. The van der Waals surface area contributed by atoms with E-state index in [1.807, 2.05) is 23.2 Å². The van der Waals surface area contributed by atoms with Crippen LogP contribution in [0.5, 0.6) is 0 Å². The van der Waals surface area contributed by atoms with Crippen LogP contribution >= 0.6 is 0 Å². The Hall–Kier alpha value is -2.06. The summed E-state index contributed by atoms with van der Waals surface area (Å²) in [5.74, 6) is 0.633. The molecule has 1 aliphatic rings. The monoisotopic (exact) mass is 257 g/mol. The van der Waals surface area contributed by atoms with Crippen LogP contribution in [0.1, 0.15) is 26.3 Å². The Morgan fingerprint density at radius 3 is 2.37 bits per heavy atom. The van der Waals surface area contributed by atoms with E-state index in [0.717, 1.165) is 5.69 Å². The molecule has 0 fully saturated rings. The van der Waals surface area contributed by atoms with Gasteiger partial charge in [0, 0.05) is 17.4 Å². The number of rotatable bonds is 2.